The Hall–Kier alpha value is -1.15. The predicted octanol–water partition coefficient (Wildman–Crippen LogP) is -0.275. The minimum absolute atomic E-state index is 0. The molecule has 1 N–H and O–H groups in total. The Bertz CT molecular complexity index is 734. The first-order valence-electron chi connectivity index (χ1n) is 4.75. The molecule has 0 heterocycles. The second-order valence-corrected chi connectivity index (χ2v) is 5.02. The molecule has 19 heavy (non-hydrogen) atoms. The summed E-state index contributed by atoms with van der Waals surface area (Å²) in [4.78, 5) is 25.6. The van der Waals surface area contributed by atoms with E-state index in [1.165, 1.54) is 12.1 Å². The number of Topliss-reactive ketones (excluding diaryl/α,β-unsaturated/α-hetero) is 2. The van der Waals surface area contributed by atoms with E-state index in [2.05, 4.69) is 4.79 Å². The summed E-state index contributed by atoms with van der Waals surface area (Å²) in [5, 5.41) is 0. The monoisotopic (exact) mass is 290 g/mol. The summed E-state index contributed by atoms with van der Waals surface area (Å²) in [6, 6.07) is 3.47. The van der Waals surface area contributed by atoms with Crippen LogP contribution in [0, 0.1) is 0 Å². The quantitative estimate of drug-likeness (QED) is 0.329. The van der Waals surface area contributed by atoms with Crippen molar-refractivity contribution in [2.75, 3.05) is 0 Å². The van der Waals surface area contributed by atoms with Gasteiger partial charge in [0.05, 0.1) is 5.56 Å². The molecule has 0 aliphatic heterocycles. The third kappa shape index (κ3) is 2.74. The van der Waals surface area contributed by atoms with Gasteiger partial charge in [0.15, 0.2) is 5.78 Å². The van der Waals surface area contributed by atoms with Crippen molar-refractivity contribution < 1.29 is 27.3 Å². The number of carbonyl (C=O) groups is 2. The van der Waals surface area contributed by atoms with Gasteiger partial charge in [0.25, 0.3) is 15.9 Å². The summed E-state index contributed by atoms with van der Waals surface area (Å²) >= 11 is 0. The molecule has 0 aromatic heterocycles. The number of carbonyl (C=O) groups excluding carboxylic acids is 2. The Morgan fingerprint density at radius 1 is 1.26 bits per heavy atom. The molecule has 0 saturated heterocycles. The van der Waals surface area contributed by atoms with E-state index >= 15 is 0 Å². The van der Waals surface area contributed by atoms with Crippen LogP contribution in [0.3, 0.4) is 0 Å². The second kappa shape index (κ2) is 5.46. The topological polar surface area (TPSA) is 125 Å². The Balaban J connectivity index is 0.00000180. The van der Waals surface area contributed by atoms with Crippen LogP contribution in [-0.4, -0.2) is 64.6 Å². The number of ketones is 2. The van der Waals surface area contributed by atoms with Crippen molar-refractivity contribution in [3.63, 3.8) is 0 Å². The maximum atomic E-state index is 11.8. The van der Waals surface area contributed by atoms with Gasteiger partial charge in [-0.1, -0.05) is 6.07 Å². The number of nitrogens with zero attached hydrogens (tertiary/aromatic N) is 2. The van der Waals surface area contributed by atoms with Gasteiger partial charge >= 0.3 is 35.3 Å². The fourth-order valence-corrected chi connectivity index (χ4v) is 2.51. The molecule has 0 saturated carbocycles. The first-order chi connectivity index (χ1) is 8.36. The van der Waals surface area contributed by atoms with Crippen LogP contribution in [0.1, 0.15) is 27.1 Å². The number of benzene rings is 1. The molecule has 7 nitrogen and oxygen atoms in total. The van der Waals surface area contributed by atoms with Gasteiger partial charge in [-0.05, 0) is 12.1 Å². The van der Waals surface area contributed by atoms with Gasteiger partial charge < -0.3 is 5.53 Å². The van der Waals surface area contributed by atoms with E-state index in [9.17, 15) is 18.0 Å². The molecular formula is C10H7N2NaO5S. The number of hydrogen-bond donors (Lipinski definition) is 1. The normalized spacial score (nSPS) is 14.5. The molecule has 0 amide bonds. The number of hydrogen-bond acceptors (Lipinski definition) is 4. The zero-order valence-corrected chi connectivity index (χ0v) is 9.64. The molecule has 0 atom stereocenters. The zero-order valence-electron chi connectivity index (χ0n) is 8.82. The van der Waals surface area contributed by atoms with Crippen LogP contribution >= 0.6 is 0 Å². The van der Waals surface area contributed by atoms with Gasteiger partial charge in [-0.2, -0.15) is 13.2 Å². The van der Waals surface area contributed by atoms with E-state index in [1.807, 2.05) is 0 Å². The summed E-state index contributed by atoms with van der Waals surface area (Å²) < 4.78 is 31.2. The summed E-state index contributed by atoms with van der Waals surface area (Å²) in [7, 11) is -4.60. The van der Waals surface area contributed by atoms with Crippen LogP contribution in [0.4, 0.5) is 0 Å². The number of fused-ring (bicyclic) bond motifs is 1. The van der Waals surface area contributed by atoms with Crippen LogP contribution in [0.15, 0.2) is 23.1 Å². The molecule has 1 aliphatic carbocycles. The fraction of sp³-hybridized carbons (Fsp3) is 0.100. The Labute approximate surface area is 130 Å². The van der Waals surface area contributed by atoms with E-state index in [0.29, 0.717) is 0 Å². The van der Waals surface area contributed by atoms with Gasteiger partial charge in [0, 0.05) is 5.56 Å². The van der Waals surface area contributed by atoms with Crippen molar-refractivity contribution in [3.05, 3.63) is 34.9 Å². The van der Waals surface area contributed by atoms with Gasteiger partial charge in [0.1, 0.15) is 11.3 Å². The average Bonchev–Trinajstić information content (AvgIpc) is 2.31. The fourth-order valence-electron chi connectivity index (χ4n) is 1.78. The standard InChI is InChI=1S/C10H6N2O5S.Na.H/c11-12-6-4-7(13)9-5(10(6)14)2-1-3-8(9)18(15,16)17;;/h1-3H,4H2,(H,15,16,17);;. The minimum atomic E-state index is -4.60. The Morgan fingerprint density at radius 3 is 2.42 bits per heavy atom. The summed E-state index contributed by atoms with van der Waals surface area (Å²) in [5.74, 6) is -1.44. The Kier molecular flexibility index (Phi) is 4.57. The van der Waals surface area contributed by atoms with Gasteiger partial charge in [-0.25, -0.2) is 0 Å². The van der Waals surface area contributed by atoms with Crippen LogP contribution in [0.5, 0.6) is 0 Å². The van der Waals surface area contributed by atoms with Crippen molar-refractivity contribution in [3.8, 4) is 0 Å². The third-order valence-corrected chi connectivity index (χ3v) is 3.43. The van der Waals surface area contributed by atoms with Gasteiger partial charge in [-0.15, -0.1) is 0 Å². The van der Waals surface area contributed by atoms with Crippen molar-refractivity contribution in [2.45, 2.75) is 11.3 Å². The molecule has 1 aromatic rings. The molecular weight excluding hydrogens is 283 g/mol. The van der Waals surface area contributed by atoms with Crippen LogP contribution in [0.25, 0.3) is 5.53 Å². The van der Waals surface area contributed by atoms with Crippen LogP contribution in [0.2, 0.25) is 0 Å². The molecule has 0 spiro atoms. The molecule has 0 unspecified atom stereocenters. The van der Waals surface area contributed by atoms with Crippen molar-refractivity contribution in [1.82, 2.24) is 0 Å². The molecule has 94 valence electrons. The SMILES string of the molecule is [N-]=[N+]=C1CC(=O)c2c(cccc2S(=O)(=O)O)C1=O.[NaH]. The summed E-state index contributed by atoms with van der Waals surface area (Å²) in [6.07, 6.45) is -0.505. The molecule has 1 aromatic carbocycles. The second-order valence-electron chi connectivity index (χ2n) is 3.63. The molecule has 2 rings (SSSR count). The van der Waals surface area contributed by atoms with Crippen molar-refractivity contribution in [2.24, 2.45) is 0 Å². The molecule has 0 fully saturated rings. The van der Waals surface area contributed by atoms with E-state index in [4.69, 9.17) is 10.1 Å². The third-order valence-electron chi connectivity index (χ3n) is 2.54. The van der Waals surface area contributed by atoms with Gasteiger partial charge in [-0.3, -0.25) is 14.1 Å². The molecule has 9 heteroatoms. The predicted molar refractivity (Wildman–Crippen MR) is 65.3 cm³/mol. The van der Waals surface area contributed by atoms with Crippen LogP contribution in [-0.2, 0) is 10.1 Å². The van der Waals surface area contributed by atoms with Gasteiger partial charge in [0.2, 0.25) is 0 Å². The zero-order chi connectivity index (χ0) is 13.5. The summed E-state index contributed by atoms with van der Waals surface area (Å²) in [5.41, 5.74) is 7.66. The summed E-state index contributed by atoms with van der Waals surface area (Å²) in [6.45, 7) is 0. The maximum absolute atomic E-state index is 11.8. The van der Waals surface area contributed by atoms with Crippen molar-refractivity contribution >= 4 is 57.0 Å². The van der Waals surface area contributed by atoms with E-state index < -0.39 is 33.0 Å². The molecule has 1 aliphatic rings. The Morgan fingerprint density at radius 2 is 1.89 bits per heavy atom. The average molecular weight is 290 g/mol. The van der Waals surface area contributed by atoms with E-state index in [-0.39, 0.29) is 46.4 Å². The molecule has 0 radical (unpaired) electrons. The first-order valence-corrected chi connectivity index (χ1v) is 6.19. The van der Waals surface area contributed by atoms with Crippen molar-refractivity contribution in [1.29, 1.82) is 0 Å². The molecule has 0 bridgehead atoms. The van der Waals surface area contributed by atoms with Crippen LogP contribution < -0.4 is 0 Å². The van der Waals surface area contributed by atoms with E-state index in [0.717, 1.165) is 6.07 Å². The number of rotatable bonds is 1. The first kappa shape index (κ1) is 15.9. The van der Waals surface area contributed by atoms with E-state index in [1.54, 1.807) is 0 Å².